The molecule has 1 heterocycles. The lowest BCUT2D eigenvalue weighted by Gasteiger charge is -2.20. The standard InChI is InChI=1S/C22H25Cl2N3O2/c1-13-8-10-26-21-18(27-14(2)5-4-9-25)12-19(28-3)22(20(13)21)29-15-6-7-16(23)17(24)11-15/h6-8,10-12,14,27H,4-5,9,25H2,1-3H3/t14-/m0/s1. The van der Waals surface area contributed by atoms with E-state index in [0.717, 1.165) is 35.0 Å². The Labute approximate surface area is 181 Å². The van der Waals surface area contributed by atoms with Gasteiger partial charge in [-0.05, 0) is 57.0 Å². The molecule has 0 saturated carbocycles. The highest BCUT2D eigenvalue weighted by Crippen LogP contribution is 2.44. The number of nitrogens with zero attached hydrogens (tertiary/aromatic N) is 1. The van der Waals surface area contributed by atoms with Crippen molar-refractivity contribution in [2.45, 2.75) is 32.7 Å². The zero-order valence-electron chi connectivity index (χ0n) is 16.8. The molecule has 1 atom stereocenters. The van der Waals surface area contributed by atoms with E-state index in [4.69, 9.17) is 38.4 Å². The molecule has 0 fully saturated rings. The number of aromatic nitrogens is 1. The molecule has 0 saturated heterocycles. The highest BCUT2D eigenvalue weighted by molar-refractivity contribution is 6.42. The monoisotopic (exact) mass is 433 g/mol. The maximum Gasteiger partial charge on any atom is 0.179 e. The summed E-state index contributed by atoms with van der Waals surface area (Å²) in [6, 6.07) is 9.27. The minimum absolute atomic E-state index is 0.246. The van der Waals surface area contributed by atoms with Crippen LogP contribution in [0, 0.1) is 6.92 Å². The number of hydrogen-bond acceptors (Lipinski definition) is 5. The van der Waals surface area contributed by atoms with E-state index in [9.17, 15) is 0 Å². The van der Waals surface area contributed by atoms with Crippen LogP contribution >= 0.6 is 23.2 Å². The summed E-state index contributed by atoms with van der Waals surface area (Å²) in [5.41, 5.74) is 8.39. The van der Waals surface area contributed by atoms with Gasteiger partial charge in [-0.3, -0.25) is 4.98 Å². The van der Waals surface area contributed by atoms with Crippen LogP contribution in [0.1, 0.15) is 25.3 Å². The van der Waals surface area contributed by atoms with Crippen molar-refractivity contribution >= 4 is 39.8 Å². The number of methoxy groups -OCH3 is 1. The first-order valence-corrected chi connectivity index (χ1v) is 10.3. The topological polar surface area (TPSA) is 69.4 Å². The zero-order chi connectivity index (χ0) is 21.0. The summed E-state index contributed by atoms with van der Waals surface area (Å²) < 4.78 is 11.9. The summed E-state index contributed by atoms with van der Waals surface area (Å²) in [5, 5.41) is 5.32. The van der Waals surface area contributed by atoms with Gasteiger partial charge < -0.3 is 20.5 Å². The summed E-state index contributed by atoms with van der Waals surface area (Å²) in [4.78, 5) is 4.61. The van der Waals surface area contributed by atoms with Crippen molar-refractivity contribution < 1.29 is 9.47 Å². The maximum absolute atomic E-state index is 6.20. The fraction of sp³-hybridized carbons (Fsp3) is 0.318. The lowest BCUT2D eigenvalue weighted by atomic mass is 10.1. The zero-order valence-corrected chi connectivity index (χ0v) is 18.3. The average molecular weight is 434 g/mol. The van der Waals surface area contributed by atoms with E-state index >= 15 is 0 Å². The second-order valence-corrected chi connectivity index (χ2v) is 7.78. The van der Waals surface area contributed by atoms with Crippen LogP contribution < -0.4 is 20.5 Å². The SMILES string of the molecule is COc1cc(N[C@@H](C)CCCN)c2nccc(C)c2c1Oc1ccc(Cl)c(Cl)c1. The van der Waals surface area contributed by atoms with Gasteiger partial charge in [0, 0.05) is 24.4 Å². The Bertz CT molecular complexity index is 1010. The van der Waals surface area contributed by atoms with Crippen molar-refractivity contribution in [3.8, 4) is 17.2 Å². The average Bonchev–Trinajstić information content (AvgIpc) is 2.70. The number of pyridine rings is 1. The van der Waals surface area contributed by atoms with Crippen LogP contribution in [0.3, 0.4) is 0 Å². The van der Waals surface area contributed by atoms with Crippen LogP contribution in [0.5, 0.6) is 17.2 Å². The molecule has 0 radical (unpaired) electrons. The second kappa shape index (κ2) is 9.53. The van der Waals surface area contributed by atoms with Crippen LogP contribution in [0.25, 0.3) is 10.9 Å². The number of anilines is 1. The minimum atomic E-state index is 0.246. The minimum Gasteiger partial charge on any atom is -0.493 e. The highest BCUT2D eigenvalue weighted by Gasteiger charge is 2.19. The van der Waals surface area contributed by atoms with E-state index in [0.29, 0.717) is 33.8 Å². The van der Waals surface area contributed by atoms with Crippen molar-refractivity contribution in [3.05, 3.63) is 52.1 Å². The van der Waals surface area contributed by atoms with Crippen LogP contribution in [0.4, 0.5) is 5.69 Å². The third-order valence-corrected chi connectivity index (χ3v) is 5.45. The Hall–Kier alpha value is -2.21. The van der Waals surface area contributed by atoms with E-state index in [2.05, 4.69) is 17.2 Å². The molecule has 29 heavy (non-hydrogen) atoms. The predicted octanol–water partition coefficient (Wildman–Crippen LogP) is 6.19. The molecule has 0 aliphatic rings. The van der Waals surface area contributed by atoms with Crippen LogP contribution in [-0.2, 0) is 0 Å². The number of benzene rings is 2. The van der Waals surface area contributed by atoms with Crippen molar-refractivity contribution in [3.63, 3.8) is 0 Å². The number of hydrogen-bond donors (Lipinski definition) is 2. The Kier molecular flexibility index (Phi) is 7.06. The Balaban J connectivity index is 2.10. The van der Waals surface area contributed by atoms with Gasteiger partial charge in [-0.15, -0.1) is 0 Å². The first-order chi connectivity index (χ1) is 13.9. The molecule has 3 rings (SSSR count). The van der Waals surface area contributed by atoms with Gasteiger partial charge in [0.25, 0.3) is 0 Å². The summed E-state index contributed by atoms with van der Waals surface area (Å²) in [6.07, 6.45) is 3.71. The predicted molar refractivity (Wildman–Crippen MR) is 121 cm³/mol. The van der Waals surface area contributed by atoms with E-state index in [1.165, 1.54) is 0 Å². The number of nitrogens with two attached hydrogens (primary N) is 1. The Morgan fingerprint density at radius 2 is 1.97 bits per heavy atom. The van der Waals surface area contributed by atoms with Gasteiger partial charge in [0.2, 0.25) is 0 Å². The Morgan fingerprint density at radius 1 is 1.17 bits per heavy atom. The van der Waals surface area contributed by atoms with E-state index < -0.39 is 0 Å². The molecule has 3 N–H and O–H groups in total. The van der Waals surface area contributed by atoms with Gasteiger partial charge in [-0.25, -0.2) is 0 Å². The highest BCUT2D eigenvalue weighted by atomic mass is 35.5. The van der Waals surface area contributed by atoms with E-state index in [1.54, 1.807) is 31.5 Å². The lowest BCUT2D eigenvalue weighted by molar-refractivity contribution is 0.381. The maximum atomic E-state index is 6.20. The van der Waals surface area contributed by atoms with Crippen molar-refractivity contribution in [1.82, 2.24) is 4.98 Å². The summed E-state index contributed by atoms with van der Waals surface area (Å²) in [6.45, 7) is 4.82. The second-order valence-electron chi connectivity index (χ2n) is 6.96. The number of aryl methyl sites for hydroxylation is 1. The molecule has 2 aromatic carbocycles. The van der Waals surface area contributed by atoms with Gasteiger partial charge in [-0.1, -0.05) is 23.2 Å². The number of nitrogens with one attached hydrogen (secondary N) is 1. The fourth-order valence-electron chi connectivity index (χ4n) is 3.22. The molecule has 5 nitrogen and oxygen atoms in total. The van der Waals surface area contributed by atoms with Crippen LogP contribution in [-0.4, -0.2) is 24.7 Å². The number of fused-ring (bicyclic) bond motifs is 1. The molecule has 7 heteroatoms. The summed E-state index contributed by atoms with van der Waals surface area (Å²) in [7, 11) is 1.62. The molecule has 0 aliphatic carbocycles. The molecule has 0 bridgehead atoms. The van der Waals surface area contributed by atoms with Gasteiger partial charge in [0.1, 0.15) is 5.75 Å². The molecule has 0 unspecified atom stereocenters. The molecular weight excluding hydrogens is 409 g/mol. The van der Waals surface area contributed by atoms with E-state index in [-0.39, 0.29) is 6.04 Å². The molecule has 0 amide bonds. The molecule has 3 aromatic rings. The summed E-state index contributed by atoms with van der Waals surface area (Å²) in [5.74, 6) is 1.76. The van der Waals surface area contributed by atoms with E-state index in [1.807, 2.05) is 19.1 Å². The first-order valence-electron chi connectivity index (χ1n) is 9.50. The van der Waals surface area contributed by atoms with Crippen LogP contribution in [0.2, 0.25) is 10.0 Å². The summed E-state index contributed by atoms with van der Waals surface area (Å²) >= 11 is 12.2. The van der Waals surface area contributed by atoms with Crippen molar-refractivity contribution in [2.75, 3.05) is 19.0 Å². The van der Waals surface area contributed by atoms with Crippen molar-refractivity contribution in [1.29, 1.82) is 0 Å². The third kappa shape index (κ3) is 4.86. The van der Waals surface area contributed by atoms with Crippen LogP contribution in [0.15, 0.2) is 36.5 Å². The number of ether oxygens (including phenoxy) is 2. The van der Waals surface area contributed by atoms with Gasteiger partial charge in [0.15, 0.2) is 11.5 Å². The molecule has 0 spiro atoms. The quantitative estimate of drug-likeness (QED) is 0.442. The molecular formula is C22H25Cl2N3O2. The molecule has 0 aliphatic heterocycles. The van der Waals surface area contributed by atoms with Gasteiger partial charge in [-0.2, -0.15) is 0 Å². The smallest absolute Gasteiger partial charge is 0.179 e. The van der Waals surface area contributed by atoms with Gasteiger partial charge >= 0.3 is 0 Å². The number of rotatable bonds is 8. The van der Waals surface area contributed by atoms with Gasteiger partial charge in [0.05, 0.1) is 33.7 Å². The Morgan fingerprint density at radius 3 is 2.66 bits per heavy atom. The third-order valence-electron chi connectivity index (χ3n) is 4.71. The molecule has 1 aromatic heterocycles. The van der Waals surface area contributed by atoms with Crippen molar-refractivity contribution in [2.24, 2.45) is 5.73 Å². The number of halogens is 2. The largest absolute Gasteiger partial charge is 0.493 e. The lowest BCUT2D eigenvalue weighted by Crippen LogP contribution is -2.17. The first kappa shape index (κ1) is 21.5. The molecule has 154 valence electrons. The fourth-order valence-corrected chi connectivity index (χ4v) is 3.51. The normalized spacial score (nSPS) is 12.1.